The molecule has 3 heterocycles. The van der Waals surface area contributed by atoms with Gasteiger partial charge in [-0.3, -0.25) is 9.67 Å². The van der Waals surface area contributed by atoms with E-state index in [0.717, 1.165) is 58.2 Å². The van der Waals surface area contributed by atoms with Crippen molar-refractivity contribution in [2.24, 2.45) is 4.99 Å². The number of nitrogens with zero attached hydrogens (tertiary/aromatic N) is 4. The molecular weight excluding hydrogens is 306 g/mol. The van der Waals surface area contributed by atoms with Crippen LogP contribution in [0, 0.1) is 6.92 Å². The average Bonchev–Trinajstić information content (AvgIpc) is 3.26. The third-order valence-electron chi connectivity index (χ3n) is 4.46. The van der Waals surface area contributed by atoms with E-state index in [1.807, 2.05) is 17.1 Å². The Morgan fingerprint density at radius 3 is 2.96 bits per heavy atom. The lowest BCUT2D eigenvalue weighted by Gasteiger charge is -2.37. The molecule has 0 radical (unpaired) electrons. The van der Waals surface area contributed by atoms with Gasteiger partial charge in [-0.15, -0.1) is 0 Å². The zero-order chi connectivity index (χ0) is 16.8. The Morgan fingerprint density at radius 1 is 1.38 bits per heavy atom. The topological polar surface area (TPSA) is 63.9 Å². The number of aromatic nitrogens is 2. The Labute approximate surface area is 144 Å². The molecule has 2 fully saturated rings. The van der Waals surface area contributed by atoms with Crippen LogP contribution in [0.4, 0.5) is 0 Å². The molecule has 2 atom stereocenters. The molecule has 0 bridgehead atoms. The average molecular weight is 335 g/mol. The van der Waals surface area contributed by atoms with Gasteiger partial charge in [0.05, 0.1) is 32.0 Å². The molecule has 134 valence electrons. The zero-order valence-corrected chi connectivity index (χ0v) is 14.8. The maximum atomic E-state index is 5.93. The molecule has 2 aliphatic rings. The molecule has 1 aromatic rings. The monoisotopic (exact) mass is 335 g/mol. The largest absolute Gasteiger partial charge is 0.375 e. The van der Waals surface area contributed by atoms with E-state index in [-0.39, 0.29) is 12.2 Å². The summed E-state index contributed by atoms with van der Waals surface area (Å²) in [5, 5.41) is 7.72. The first kappa shape index (κ1) is 17.2. The highest BCUT2D eigenvalue weighted by molar-refractivity contribution is 5.80. The van der Waals surface area contributed by atoms with E-state index in [0.29, 0.717) is 6.54 Å². The molecule has 1 N–H and O–H groups in total. The molecule has 2 unspecified atom stereocenters. The summed E-state index contributed by atoms with van der Waals surface area (Å²) in [4.78, 5) is 7.08. The van der Waals surface area contributed by atoms with E-state index in [4.69, 9.17) is 14.5 Å². The predicted molar refractivity (Wildman–Crippen MR) is 93.2 cm³/mol. The molecule has 24 heavy (non-hydrogen) atoms. The highest BCUT2D eigenvalue weighted by atomic mass is 16.5. The van der Waals surface area contributed by atoms with Crippen LogP contribution >= 0.6 is 0 Å². The SMILES string of the molecule is CCNC(=NCCn1cc(C)cn1)N1CCOC(C2CCCO2)C1. The van der Waals surface area contributed by atoms with E-state index >= 15 is 0 Å². The van der Waals surface area contributed by atoms with Crippen LogP contribution in [0.15, 0.2) is 17.4 Å². The van der Waals surface area contributed by atoms with Crippen molar-refractivity contribution in [3.63, 3.8) is 0 Å². The van der Waals surface area contributed by atoms with Crippen LogP contribution in [0.2, 0.25) is 0 Å². The summed E-state index contributed by atoms with van der Waals surface area (Å²) in [6.45, 7) is 9.83. The molecule has 2 saturated heterocycles. The minimum atomic E-state index is 0.152. The van der Waals surface area contributed by atoms with Crippen LogP contribution in [0.5, 0.6) is 0 Å². The van der Waals surface area contributed by atoms with Gasteiger partial charge in [0.2, 0.25) is 0 Å². The highest BCUT2D eigenvalue weighted by Crippen LogP contribution is 2.21. The van der Waals surface area contributed by atoms with E-state index in [9.17, 15) is 0 Å². The first-order chi connectivity index (χ1) is 11.8. The number of ether oxygens (including phenoxy) is 2. The Morgan fingerprint density at radius 2 is 2.25 bits per heavy atom. The number of guanidine groups is 1. The summed E-state index contributed by atoms with van der Waals surface area (Å²) >= 11 is 0. The molecule has 3 rings (SSSR count). The minimum absolute atomic E-state index is 0.152. The maximum absolute atomic E-state index is 5.93. The Balaban J connectivity index is 1.57. The summed E-state index contributed by atoms with van der Waals surface area (Å²) < 4.78 is 13.7. The quantitative estimate of drug-likeness (QED) is 0.643. The summed E-state index contributed by atoms with van der Waals surface area (Å²) in [6, 6.07) is 0. The summed E-state index contributed by atoms with van der Waals surface area (Å²) in [5.74, 6) is 0.965. The summed E-state index contributed by atoms with van der Waals surface area (Å²) in [7, 11) is 0. The molecule has 0 aromatic carbocycles. The second kappa shape index (κ2) is 8.48. The normalized spacial score (nSPS) is 25.2. The van der Waals surface area contributed by atoms with Crippen molar-refractivity contribution >= 4 is 5.96 Å². The molecule has 7 nitrogen and oxygen atoms in total. The number of morpholine rings is 1. The number of aliphatic imine (C=N–C) groups is 1. The van der Waals surface area contributed by atoms with Crippen LogP contribution in [-0.2, 0) is 16.0 Å². The molecular formula is C17H29N5O2. The van der Waals surface area contributed by atoms with Gasteiger partial charge >= 0.3 is 0 Å². The number of rotatable bonds is 5. The van der Waals surface area contributed by atoms with Crippen LogP contribution in [0.1, 0.15) is 25.3 Å². The molecule has 0 aliphatic carbocycles. The number of hydrogen-bond acceptors (Lipinski definition) is 4. The minimum Gasteiger partial charge on any atom is -0.375 e. The van der Waals surface area contributed by atoms with Gasteiger partial charge in [0, 0.05) is 32.4 Å². The van der Waals surface area contributed by atoms with E-state index in [1.54, 1.807) is 0 Å². The second-order valence-corrected chi connectivity index (χ2v) is 6.42. The molecule has 0 spiro atoms. The van der Waals surface area contributed by atoms with Crippen LogP contribution in [0.25, 0.3) is 0 Å². The van der Waals surface area contributed by atoms with E-state index in [2.05, 4.69) is 29.2 Å². The van der Waals surface area contributed by atoms with Gasteiger partial charge < -0.3 is 19.7 Å². The molecule has 7 heteroatoms. The third kappa shape index (κ3) is 4.48. The molecule has 1 aromatic heterocycles. The predicted octanol–water partition coefficient (Wildman–Crippen LogP) is 1.04. The third-order valence-corrected chi connectivity index (χ3v) is 4.46. The molecule has 0 saturated carbocycles. The second-order valence-electron chi connectivity index (χ2n) is 6.42. The zero-order valence-electron chi connectivity index (χ0n) is 14.8. The van der Waals surface area contributed by atoms with Gasteiger partial charge in [-0.25, -0.2) is 0 Å². The number of nitrogens with one attached hydrogen (secondary N) is 1. The lowest BCUT2D eigenvalue weighted by atomic mass is 10.1. The fraction of sp³-hybridized carbons (Fsp3) is 0.765. The number of hydrogen-bond donors (Lipinski definition) is 1. The van der Waals surface area contributed by atoms with Crippen molar-refractivity contribution < 1.29 is 9.47 Å². The summed E-state index contributed by atoms with van der Waals surface area (Å²) in [5.41, 5.74) is 1.18. The van der Waals surface area contributed by atoms with E-state index in [1.165, 1.54) is 5.56 Å². The van der Waals surface area contributed by atoms with Gasteiger partial charge in [0.25, 0.3) is 0 Å². The summed E-state index contributed by atoms with van der Waals surface area (Å²) in [6.07, 6.45) is 6.56. The van der Waals surface area contributed by atoms with Gasteiger partial charge in [-0.1, -0.05) is 0 Å². The van der Waals surface area contributed by atoms with Crippen molar-refractivity contribution in [2.45, 2.75) is 45.4 Å². The fourth-order valence-electron chi connectivity index (χ4n) is 3.26. The Bertz CT molecular complexity index is 539. The van der Waals surface area contributed by atoms with Crippen LogP contribution in [-0.4, -0.2) is 72.2 Å². The van der Waals surface area contributed by atoms with Gasteiger partial charge in [0.15, 0.2) is 5.96 Å². The van der Waals surface area contributed by atoms with E-state index < -0.39 is 0 Å². The Hall–Kier alpha value is -1.60. The first-order valence-corrected chi connectivity index (χ1v) is 9.02. The highest BCUT2D eigenvalue weighted by Gasteiger charge is 2.32. The standard InChI is InChI=1S/C17H29N5O2/c1-3-18-17(19-6-7-22-12-14(2)11-20-22)21-8-10-24-16(13-21)15-5-4-9-23-15/h11-12,15-16H,3-10,13H2,1-2H3,(H,18,19). The van der Waals surface area contributed by atoms with Crippen molar-refractivity contribution in [3.05, 3.63) is 18.0 Å². The lowest BCUT2D eigenvalue weighted by Crippen LogP contribution is -2.53. The van der Waals surface area contributed by atoms with Gasteiger partial charge in [-0.2, -0.15) is 5.10 Å². The van der Waals surface area contributed by atoms with Crippen molar-refractivity contribution in [1.29, 1.82) is 0 Å². The number of aryl methyl sites for hydroxylation is 1. The first-order valence-electron chi connectivity index (χ1n) is 9.02. The molecule has 2 aliphatic heterocycles. The smallest absolute Gasteiger partial charge is 0.194 e. The fourth-order valence-corrected chi connectivity index (χ4v) is 3.26. The maximum Gasteiger partial charge on any atom is 0.194 e. The van der Waals surface area contributed by atoms with Gasteiger partial charge in [-0.05, 0) is 32.3 Å². The van der Waals surface area contributed by atoms with Crippen molar-refractivity contribution in [1.82, 2.24) is 20.0 Å². The lowest BCUT2D eigenvalue weighted by molar-refractivity contribution is -0.0817. The van der Waals surface area contributed by atoms with Crippen molar-refractivity contribution in [2.75, 3.05) is 39.4 Å². The van der Waals surface area contributed by atoms with Crippen LogP contribution < -0.4 is 5.32 Å². The van der Waals surface area contributed by atoms with Crippen molar-refractivity contribution in [3.8, 4) is 0 Å². The van der Waals surface area contributed by atoms with Gasteiger partial charge in [0.1, 0.15) is 6.10 Å². The molecule has 0 amide bonds. The Kier molecular flexibility index (Phi) is 6.09. The van der Waals surface area contributed by atoms with Crippen LogP contribution in [0.3, 0.4) is 0 Å².